The Labute approximate surface area is 51.0 Å². The van der Waals surface area contributed by atoms with Gasteiger partial charge >= 0.3 is 5.97 Å². The van der Waals surface area contributed by atoms with Crippen LogP contribution in [0.25, 0.3) is 0 Å². The van der Waals surface area contributed by atoms with E-state index in [1.54, 1.807) is 6.92 Å². The summed E-state index contributed by atoms with van der Waals surface area (Å²) >= 11 is 1.11. The molecular weight excluding hydrogens is 128 g/mol. The highest BCUT2D eigenvalue weighted by atomic mass is 32.2. The number of aliphatic hydroxyl groups excluding tert-OH is 1. The van der Waals surface area contributed by atoms with Gasteiger partial charge in [-0.2, -0.15) is 0 Å². The predicted octanol–water partition coefficient (Wildman–Crippen LogP) is -0.0592. The van der Waals surface area contributed by atoms with Gasteiger partial charge in [-0.15, -0.1) is 0 Å². The molecule has 1 heterocycles. The lowest BCUT2D eigenvalue weighted by molar-refractivity contribution is -0.146. The third kappa shape index (κ3) is 0.952. The van der Waals surface area contributed by atoms with Crippen LogP contribution < -0.4 is 0 Å². The maximum Gasteiger partial charge on any atom is 0.346 e. The van der Waals surface area contributed by atoms with E-state index in [1.807, 2.05) is 0 Å². The molecule has 0 aromatic carbocycles. The summed E-state index contributed by atoms with van der Waals surface area (Å²) in [6, 6.07) is 0. The summed E-state index contributed by atoms with van der Waals surface area (Å²) in [5.74, 6) is -0.525. The Bertz CT molecular complexity index is 114. The molecule has 0 amide bonds. The summed E-state index contributed by atoms with van der Waals surface area (Å²) < 4.78 is 4.55. The van der Waals surface area contributed by atoms with E-state index in [4.69, 9.17) is 5.11 Å². The lowest BCUT2D eigenvalue weighted by Gasteiger charge is -1.93. The van der Waals surface area contributed by atoms with Crippen molar-refractivity contribution >= 4 is 17.7 Å². The Morgan fingerprint density at radius 2 is 2.50 bits per heavy atom. The van der Waals surface area contributed by atoms with Gasteiger partial charge in [0.25, 0.3) is 0 Å². The first-order valence-electron chi connectivity index (χ1n) is 2.24. The van der Waals surface area contributed by atoms with Gasteiger partial charge in [-0.3, -0.25) is 0 Å². The van der Waals surface area contributed by atoms with Gasteiger partial charge in [-0.05, 0) is 6.92 Å². The van der Waals surface area contributed by atoms with Crippen LogP contribution in [0.1, 0.15) is 6.92 Å². The third-order valence-electron chi connectivity index (χ3n) is 0.804. The topological polar surface area (TPSA) is 46.5 Å². The van der Waals surface area contributed by atoms with Crippen LogP contribution >= 0.6 is 11.8 Å². The van der Waals surface area contributed by atoms with E-state index in [2.05, 4.69) is 4.74 Å². The van der Waals surface area contributed by atoms with Crippen molar-refractivity contribution in [2.75, 3.05) is 0 Å². The first-order chi connectivity index (χ1) is 3.70. The van der Waals surface area contributed by atoms with Crippen molar-refractivity contribution in [1.82, 2.24) is 0 Å². The highest BCUT2D eigenvalue weighted by Gasteiger charge is 2.30. The lowest BCUT2D eigenvalue weighted by atomic mass is 10.7. The number of carbonyl (C=O) groups is 1. The van der Waals surface area contributed by atoms with Crippen LogP contribution in [0.3, 0.4) is 0 Å². The fourth-order valence-electron chi connectivity index (χ4n) is 0.487. The van der Waals surface area contributed by atoms with Gasteiger partial charge in [0.05, 0.1) is 0 Å². The van der Waals surface area contributed by atoms with Gasteiger partial charge in [-0.25, -0.2) is 4.79 Å². The Kier molecular flexibility index (Phi) is 1.44. The molecule has 0 radical (unpaired) electrons. The molecule has 2 unspecified atom stereocenters. The predicted molar refractivity (Wildman–Crippen MR) is 29.2 cm³/mol. The molecule has 46 valence electrons. The van der Waals surface area contributed by atoms with Gasteiger partial charge in [0.2, 0.25) is 5.44 Å². The standard InChI is InChI=1S/C4H6O3S/c1-2-7-3(5)4(6)8-2/h2,4,6H,1H3. The molecule has 1 N–H and O–H groups in total. The highest BCUT2D eigenvalue weighted by molar-refractivity contribution is 8.01. The monoisotopic (exact) mass is 134 g/mol. The minimum Gasteiger partial charge on any atom is -0.449 e. The van der Waals surface area contributed by atoms with E-state index in [9.17, 15) is 4.79 Å². The van der Waals surface area contributed by atoms with Crippen molar-refractivity contribution in [3.63, 3.8) is 0 Å². The largest absolute Gasteiger partial charge is 0.449 e. The van der Waals surface area contributed by atoms with Crippen LogP contribution in [-0.2, 0) is 9.53 Å². The number of thioether (sulfide) groups is 1. The zero-order chi connectivity index (χ0) is 6.15. The second kappa shape index (κ2) is 1.95. The Balaban J connectivity index is 2.51. The lowest BCUT2D eigenvalue weighted by Crippen LogP contribution is -2.09. The number of hydrogen-bond acceptors (Lipinski definition) is 4. The molecular formula is C4H6O3S. The van der Waals surface area contributed by atoms with E-state index in [-0.39, 0.29) is 5.44 Å². The van der Waals surface area contributed by atoms with Crippen molar-refractivity contribution < 1.29 is 14.6 Å². The molecule has 1 aliphatic heterocycles. The van der Waals surface area contributed by atoms with Crippen molar-refractivity contribution in [3.05, 3.63) is 0 Å². The fraction of sp³-hybridized carbons (Fsp3) is 0.750. The molecule has 4 heteroatoms. The first kappa shape index (κ1) is 5.91. The van der Waals surface area contributed by atoms with Gasteiger partial charge in [0.15, 0.2) is 0 Å². The molecule has 0 aromatic rings. The Morgan fingerprint density at radius 3 is 2.62 bits per heavy atom. The van der Waals surface area contributed by atoms with Crippen LogP contribution in [0.4, 0.5) is 0 Å². The molecule has 1 rings (SSSR count). The van der Waals surface area contributed by atoms with Gasteiger partial charge in [0, 0.05) is 0 Å². The van der Waals surface area contributed by atoms with Gasteiger partial charge < -0.3 is 9.84 Å². The summed E-state index contributed by atoms with van der Waals surface area (Å²) in [5.41, 5.74) is -1.14. The summed E-state index contributed by atoms with van der Waals surface area (Å²) in [6.07, 6.45) is 0. The Hall–Kier alpha value is -0.220. The maximum atomic E-state index is 10.3. The van der Waals surface area contributed by atoms with E-state index in [0.29, 0.717) is 0 Å². The molecule has 0 saturated carbocycles. The molecule has 0 spiro atoms. The van der Waals surface area contributed by atoms with Crippen LogP contribution in [0.5, 0.6) is 0 Å². The number of carbonyl (C=O) groups excluding carboxylic acids is 1. The highest BCUT2D eigenvalue weighted by Crippen LogP contribution is 2.25. The quantitative estimate of drug-likeness (QED) is 0.471. The first-order valence-corrected chi connectivity index (χ1v) is 3.18. The second-order valence-electron chi connectivity index (χ2n) is 1.49. The van der Waals surface area contributed by atoms with Crippen LogP contribution in [0.2, 0.25) is 0 Å². The molecule has 1 fully saturated rings. The average Bonchev–Trinajstić information content (AvgIpc) is 1.85. The van der Waals surface area contributed by atoms with Crippen molar-refractivity contribution in [2.24, 2.45) is 0 Å². The number of cyclic esters (lactones) is 1. The fourth-order valence-corrected chi connectivity index (χ4v) is 1.17. The minimum atomic E-state index is -0.954. The van der Waals surface area contributed by atoms with Gasteiger partial charge in [-0.1, -0.05) is 11.8 Å². The molecule has 3 nitrogen and oxygen atoms in total. The molecule has 1 saturated heterocycles. The van der Waals surface area contributed by atoms with Crippen molar-refractivity contribution in [2.45, 2.75) is 17.8 Å². The Morgan fingerprint density at radius 1 is 1.88 bits per heavy atom. The maximum absolute atomic E-state index is 10.3. The molecule has 0 aromatic heterocycles. The zero-order valence-electron chi connectivity index (χ0n) is 4.33. The summed E-state index contributed by atoms with van der Waals surface area (Å²) in [7, 11) is 0. The van der Waals surface area contributed by atoms with E-state index in [0.717, 1.165) is 11.8 Å². The molecule has 0 aliphatic carbocycles. The normalized spacial score (nSPS) is 37.5. The summed E-state index contributed by atoms with van der Waals surface area (Å²) in [6.45, 7) is 1.72. The smallest absolute Gasteiger partial charge is 0.346 e. The minimum absolute atomic E-state index is 0.183. The molecule has 1 aliphatic rings. The zero-order valence-corrected chi connectivity index (χ0v) is 5.14. The number of hydrogen-bond donors (Lipinski definition) is 1. The number of ether oxygens (including phenoxy) is 1. The second-order valence-corrected chi connectivity index (χ2v) is 2.88. The SMILES string of the molecule is CC1OC(=O)C(O)S1. The number of esters is 1. The van der Waals surface area contributed by atoms with Crippen molar-refractivity contribution in [1.29, 1.82) is 0 Å². The summed E-state index contributed by atoms with van der Waals surface area (Å²) in [5, 5.41) is 8.66. The third-order valence-corrected chi connectivity index (χ3v) is 1.73. The molecule has 8 heavy (non-hydrogen) atoms. The number of rotatable bonds is 0. The van der Waals surface area contributed by atoms with Crippen LogP contribution in [0.15, 0.2) is 0 Å². The summed E-state index contributed by atoms with van der Waals surface area (Å²) in [4.78, 5) is 10.3. The van der Waals surface area contributed by atoms with Crippen LogP contribution in [-0.4, -0.2) is 21.9 Å². The van der Waals surface area contributed by atoms with Crippen LogP contribution in [0, 0.1) is 0 Å². The number of aliphatic hydroxyl groups is 1. The molecule has 0 bridgehead atoms. The van der Waals surface area contributed by atoms with Gasteiger partial charge in [0.1, 0.15) is 5.44 Å². The molecule has 2 atom stereocenters. The van der Waals surface area contributed by atoms with E-state index in [1.165, 1.54) is 0 Å². The van der Waals surface area contributed by atoms with E-state index >= 15 is 0 Å². The van der Waals surface area contributed by atoms with E-state index < -0.39 is 11.4 Å². The van der Waals surface area contributed by atoms with Crippen molar-refractivity contribution in [3.8, 4) is 0 Å². The average molecular weight is 134 g/mol.